The average Bonchev–Trinajstić information content (AvgIpc) is 4.01. The molecule has 0 spiro atoms. The maximum atomic E-state index is 14.1. The van der Waals surface area contributed by atoms with E-state index in [1.807, 2.05) is 97.1 Å². The van der Waals surface area contributed by atoms with Gasteiger partial charge in [-0.15, -0.1) is 0 Å². The largest absolute Gasteiger partial charge is 0.355 e. The molecule has 0 radical (unpaired) electrons. The van der Waals surface area contributed by atoms with Crippen LogP contribution < -0.4 is 21.3 Å². The minimum atomic E-state index is -0.774. The van der Waals surface area contributed by atoms with Gasteiger partial charge >= 0.3 is 0 Å². The molecular formula is C52H52Br4N6O6. The van der Waals surface area contributed by atoms with Gasteiger partial charge < -0.3 is 31.1 Å². The maximum Gasteiger partial charge on any atom is 0.253 e. The summed E-state index contributed by atoms with van der Waals surface area (Å²) in [7, 11) is 0. The lowest BCUT2D eigenvalue weighted by atomic mass is 9.94. The fourth-order valence-corrected chi connectivity index (χ4v) is 9.63. The molecule has 354 valence electrons. The Morgan fingerprint density at radius 2 is 0.559 bits per heavy atom. The van der Waals surface area contributed by atoms with Crippen LogP contribution in [0.5, 0.6) is 0 Å². The number of hydrogen-bond acceptors (Lipinski definition) is 6. The van der Waals surface area contributed by atoms with Gasteiger partial charge in [0.25, 0.3) is 11.8 Å². The first kappa shape index (κ1) is 50.7. The highest BCUT2D eigenvalue weighted by Crippen LogP contribution is 2.29. The van der Waals surface area contributed by atoms with Gasteiger partial charge in [-0.25, -0.2) is 0 Å². The Morgan fingerprint density at radius 3 is 0.765 bits per heavy atom. The molecule has 0 bridgehead atoms. The molecule has 2 fully saturated rings. The van der Waals surface area contributed by atoms with E-state index in [1.165, 1.54) is 9.80 Å². The van der Waals surface area contributed by atoms with Crippen LogP contribution >= 0.6 is 63.7 Å². The van der Waals surface area contributed by atoms with E-state index in [4.69, 9.17) is 0 Å². The van der Waals surface area contributed by atoms with Crippen molar-refractivity contribution in [2.45, 2.75) is 25.7 Å². The number of likely N-dealkylation sites (tertiary alicyclic amines) is 2. The van der Waals surface area contributed by atoms with Gasteiger partial charge in [-0.3, -0.25) is 28.8 Å². The Balaban J connectivity index is 0.992. The van der Waals surface area contributed by atoms with Gasteiger partial charge in [-0.2, -0.15) is 0 Å². The molecule has 0 aliphatic carbocycles. The Hall–Kier alpha value is -5.16. The van der Waals surface area contributed by atoms with E-state index in [1.54, 1.807) is 24.3 Å². The van der Waals surface area contributed by atoms with Crippen molar-refractivity contribution >= 4 is 99.2 Å². The lowest BCUT2D eigenvalue weighted by Gasteiger charge is -2.18. The Morgan fingerprint density at radius 1 is 0.353 bits per heavy atom. The monoisotopic (exact) mass is 1170 g/mol. The highest BCUT2D eigenvalue weighted by atomic mass is 79.9. The quantitative estimate of drug-likeness (QED) is 0.0711. The second-order valence-electron chi connectivity index (χ2n) is 17.1. The molecule has 2 aliphatic heterocycles. The second kappa shape index (κ2) is 24.4. The normalized spacial score (nSPS) is 17.6. The fraction of sp³-hybridized carbons (Fsp3) is 0.308. The number of nitrogens with one attached hydrogen (secondary N) is 4. The smallest absolute Gasteiger partial charge is 0.253 e. The summed E-state index contributed by atoms with van der Waals surface area (Å²) < 4.78 is 3.84. The van der Waals surface area contributed by atoms with Gasteiger partial charge in [0.05, 0.1) is 23.7 Å². The van der Waals surface area contributed by atoms with Gasteiger partial charge in [0.1, 0.15) is 0 Å². The lowest BCUT2D eigenvalue weighted by molar-refractivity contribution is -0.132. The van der Waals surface area contributed by atoms with Crippen LogP contribution in [0, 0.1) is 23.7 Å². The van der Waals surface area contributed by atoms with Gasteiger partial charge in [-0.1, -0.05) is 112 Å². The average molecular weight is 1180 g/mol. The predicted octanol–water partition coefficient (Wildman–Crippen LogP) is 7.55. The maximum absolute atomic E-state index is 14.1. The fourth-order valence-electron chi connectivity index (χ4n) is 8.57. The number of halogens is 4. The summed E-state index contributed by atoms with van der Waals surface area (Å²) in [6.45, 7) is 1.64. The summed E-state index contributed by atoms with van der Waals surface area (Å²) in [5, 5.41) is 12.0. The third-order valence-electron chi connectivity index (χ3n) is 12.4. The molecule has 2 aliphatic rings. The van der Waals surface area contributed by atoms with Crippen LogP contribution in [-0.4, -0.2) is 97.6 Å². The van der Waals surface area contributed by atoms with Crippen molar-refractivity contribution in [2.75, 3.05) is 52.4 Å². The summed E-state index contributed by atoms with van der Waals surface area (Å²) in [5.41, 5.74) is 4.78. The first-order valence-electron chi connectivity index (χ1n) is 22.6. The molecule has 4 N–H and O–H groups in total. The van der Waals surface area contributed by atoms with Gasteiger partial charge in [0.15, 0.2) is 0 Å². The Labute approximate surface area is 430 Å². The van der Waals surface area contributed by atoms with Crippen molar-refractivity contribution in [3.63, 3.8) is 0 Å². The Bertz CT molecular complexity index is 2240. The summed E-state index contributed by atoms with van der Waals surface area (Å²) in [5.74, 6) is -5.04. The van der Waals surface area contributed by atoms with Crippen LogP contribution in [0.25, 0.3) is 0 Å². The van der Waals surface area contributed by atoms with E-state index in [-0.39, 0.29) is 61.6 Å². The number of carbonyl (C=O) groups excluding carboxylic acids is 6. The minimum absolute atomic E-state index is 0.0430. The van der Waals surface area contributed by atoms with Crippen molar-refractivity contribution in [1.29, 1.82) is 0 Å². The summed E-state index contributed by atoms with van der Waals surface area (Å²) >= 11 is 13.8. The van der Waals surface area contributed by atoms with Crippen LogP contribution in [0.4, 0.5) is 0 Å². The molecule has 2 heterocycles. The molecule has 2 saturated heterocycles. The molecule has 68 heavy (non-hydrogen) atoms. The van der Waals surface area contributed by atoms with Gasteiger partial charge in [-0.05, 0) is 121 Å². The third kappa shape index (κ3) is 14.0. The first-order chi connectivity index (χ1) is 32.8. The molecule has 0 aromatic heterocycles. The topological polar surface area (TPSA) is 157 Å². The summed E-state index contributed by atoms with van der Waals surface area (Å²) in [4.78, 5) is 86.0. The third-order valence-corrected chi connectivity index (χ3v) is 14.6. The molecule has 5 aromatic rings. The zero-order chi connectivity index (χ0) is 48.2. The van der Waals surface area contributed by atoms with E-state index in [0.717, 1.165) is 40.1 Å². The van der Waals surface area contributed by atoms with Crippen LogP contribution in [0.3, 0.4) is 0 Å². The van der Waals surface area contributed by atoms with Crippen molar-refractivity contribution in [3.05, 3.63) is 173 Å². The SMILES string of the molecule is O=C(NCCc1ccc(Br)cc1)[C@@H]1CN(C(=O)c2ccc(C(=O)N3C[C@@H](C(=O)NCCc4ccc(Br)cc4)[C@H](C(=O)NCCc4ccc(Br)cc4)C3)cc2)C[C@H]1C(=O)NCCc1ccc(Br)cc1. The summed E-state index contributed by atoms with van der Waals surface area (Å²) in [6.07, 6.45) is 2.40. The van der Waals surface area contributed by atoms with E-state index >= 15 is 0 Å². The molecule has 4 atom stereocenters. The second-order valence-corrected chi connectivity index (χ2v) is 20.8. The Kier molecular flexibility index (Phi) is 18.2. The van der Waals surface area contributed by atoms with Crippen LogP contribution in [0.1, 0.15) is 43.0 Å². The highest BCUT2D eigenvalue weighted by molar-refractivity contribution is 9.11. The first-order valence-corrected chi connectivity index (χ1v) is 25.8. The zero-order valence-electron chi connectivity index (χ0n) is 37.2. The van der Waals surface area contributed by atoms with E-state index < -0.39 is 23.7 Å². The van der Waals surface area contributed by atoms with Crippen LogP contribution in [-0.2, 0) is 44.9 Å². The van der Waals surface area contributed by atoms with Crippen molar-refractivity contribution in [2.24, 2.45) is 23.7 Å². The van der Waals surface area contributed by atoms with E-state index in [2.05, 4.69) is 85.0 Å². The number of nitrogens with zero attached hydrogens (tertiary/aromatic N) is 2. The summed E-state index contributed by atoms with van der Waals surface area (Å²) in [6, 6.07) is 37.6. The zero-order valence-corrected chi connectivity index (χ0v) is 43.5. The van der Waals surface area contributed by atoms with Crippen molar-refractivity contribution in [3.8, 4) is 0 Å². The number of carbonyl (C=O) groups is 6. The van der Waals surface area contributed by atoms with Crippen molar-refractivity contribution in [1.82, 2.24) is 31.1 Å². The molecule has 0 saturated carbocycles. The van der Waals surface area contributed by atoms with Gasteiger partial charge in [0, 0.05) is 81.4 Å². The molecule has 6 amide bonds. The number of rotatable bonds is 18. The van der Waals surface area contributed by atoms with Crippen molar-refractivity contribution < 1.29 is 28.8 Å². The van der Waals surface area contributed by atoms with Crippen LogP contribution in [0.2, 0.25) is 0 Å². The molecule has 16 heteroatoms. The standard InChI is InChI=1S/C52H52Br4N6O6/c53-39-13-1-33(2-14-39)21-25-57-47(63)43-29-61(30-44(43)48(64)58-26-22-34-3-15-40(54)16-4-34)51(67)37-9-11-38(12-10-37)52(68)62-31-45(49(65)59-27-23-35-5-17-41(55)18-6-35)46(32-62)50(66)60-28-24-36-7-19-42(56)20-8-36/h1-20,43-46H,21-32H2,(H,57,63)(H,58,64)(H,59,65)(H,60,66)/t43-,44-,45-,46-/m1/s1. The molecular weight excluding hydrogens is 1120 g/mol. The van der Waals surface area contributed by atoms with Crippen LogP contribution in [0.15, 0.2) is 139 Å². The number of hydrogen-bond donors (Lipinski definition) is 4. The minimum Gasteiger partial charge on any atom is -0.355 e. The lowest BCUT2D eigenvalue weighted by Crippen LogP contribution is -2.42. The molecule has 0 unspecified atom stereocenters. The van der Waals surface area contributed by atoms with E-state index in [0.29, 0.717) is 63.0 Å². The number of amides is 6. The molecule has 12 nitrogen and oxygen atoms in total. The van der Waals surface area contributed by atoms with Gasteiger partial charge in [0.2, 0.25) is 23.6 Å². The predicted molar refractivity (Wildman–Crippen MR) is 276 cm³/mol. The number of benzene rings is 5. The molecule has 5 aromatic carbocycles. The highest BCUT2D eigenvalue weighted by Gasteiger charge is 2.45. The van der Waals surface area contributed by atoms with E-state index in [9.17, 15) is 28.8 Å². The molecule has 7 rings (SSSR count).